The van der Waals surface area contributed by atoms with E-state index in [1.807, 2.05) is 31.1 Å². The Morgan fingerprint density at radius 1 is 1.50 bits per heavy atom. The Labute approximate surface area is 111 Å². The number of benzene rings is 1. The topological polar surface area (TPSA) is 15.6 Å². The van der Waals surface area contributed by atoms with Crippen LogP contribution in [-0.2, 0) is 0 Å². The van der Waals surface area contributed by atoms with Crippen LogP contribution in [0.5, 0.6) is 0 Å². The number of aliphatic imine (C=N–C) groups is 1. The average molecular weight is 387 g/mol. The van der Waals surface area contributed by atoms with E-state index in [9.17, 15) is 0 Å². The maximum Gasteiger partial charge on any atom is 0.0923 e. The molecule has 1 aromatic rings. The fourth-order valence-corrected chi connectivity index (χ4v) is 3.06. The van der Waals surface area contributed by atoms with Crippen LogP contribution in [0, 0.1) is 3.57 Å². The van der Waals surface area contributed by atoms with E-state index >= 15 is 0 Å². The Hall–Kier alpha value is 0.190. The van der Waals surface area contributed by atoms with Crippen LogP contribution in [0.4, 0.5) is 5.69 Å². The van der Waals surface area contributed by atoms with Crippen LogP contribution >= 0.6 is 50.1 Å². The highest BCUT2D eigenvalue weighted by Crippen LogP contribution is 2.33. The average Bonchev–Trinajstić information content (AvgIpc) is 2.01. The molecule has 0 aliphatic carbocycles. The molecule has 0 saturated carbocycles. The molecule has 14 heavy (non-hydrogen) atoms. The van der Waals surface area contributed by atoms with E-state index in [1.165, 1.54) is 0 Å². The minimum atomic E-state index is 0.713. The molecular formula is C9H9BrClIN2. The lowest BCUT2D eigenvalue weighted by molar-refractivity contribution is 0.643. The Morgan fingerprint density at radius 2 is 2.14 bits per heavy atom. The Balaban J connectivity index is 3.09. The number of nitrogens with zero attached hydrogens (tertiary/aromatic N) is 2. The lowest BCUT2D eigenvalue weighted by atomic mass is 10.3. The van der Waals surface area contributed by atoms with Gasteiger partial charge in [-0.2, -0.15) is 0 Å². The first-order chi connectivity index (χ1) is 6.50. The molecule has 0 aliphatic heterocycles. The highest BCUT2D eigenvalue weighted by Gasteiger charge is 2.04. The van der Waals surface area contributed by atoms with Crippen molar-refractivity contribution in [2.45, 2.75) is 0 Å². The summed E-state index contributed by atoms with van der Waals surface area (Å²) < 4.78 is 1.94. The quantitative estimate of drug-likeness (QED) is 0.427. The van der Waals surface area contributed by atoms with E-state index in [0.717, 1.165) is 13.7 Å². The summed E-state index contributed by atoms with van der Waals surface area (Å²) in [6, 6.07) is 3.72. The summed E-state index contributed by atoms with van der Waals surface area (Å²) in [4.78, 5) is 6.22. The van der Waals surface area contributed by atoms with Crippen molar-refractivity contribution in [1.82, 2.24) is 4.90 Å². The molecule has 0 amide bonds. The molecule has 0 spiro atoms. The molecular weight excluding hydrogens is 378 g/mol. The van der Waals surface area contributed by atoms with Crippen molar-refractivity contribution in [3.8, 4) is 0 Å². The highest BCUT2D eigenvalue weighted by atomic mass is 127. The standard InChI is InChI=1S/C9H9BrClIN2/c1-14(2)5-13-9-7(10)3-6(11)4-8(9)12/h3-5H,1-2H3/b13-5+. The molecule has 1 aromatic carbocycles. The Morgan fingerprint density at radius 3 is 2.64 bits per heavy atom. The molecule has 2 nitrogen and oxygen atoms in total. The van der Waals surface area contributed by atoms with Gasteiger partial charge in [-0.3, -0.25) is 0 Å². The number of halogens is 3. The zero-order valence-corrected chi connectivity index (χ0v) is 12.3. The minimum Gasteiger partial charge on any atom is -0.369 e. The van der Waals surface area contributed by atoms with Crippen molar-refractivity contribution in [3.05, 3.63) is 25.2 Å². The van der Waals surface area contributed by atoms with E-state index < -0.39 is 0 Å². The van der Waals surface area contributed by atoms with Gasteiger partial charge in [0.25, 0.3) is 0 Å². The largest absolute Gasteiger partial charge is 0.369 e. The predicted molar refractivity (Wildman–Crippen MR) is 73.7 cm³/mol. The number of rotatable bonds is 2. The van der Waals surface area contributed by atoms with E-state index in [0.29, 0.717) is 5.02 Å². The van der Waals surface area contributed by atoms with Crippen LogP contribution < -0.4 is 0 Å². The summed E-state index contributed by atoms with van der Waals surface area (Å²) in [5.41, 5.74) is 0.906. The van der Waals surface area contributed by atoms with Gasteiger partial charge in [0.15, 0.2) is 0 Å². The highest BCUT2D eigenvalue weighted by molar-refractivity contribution is 14.1. The second-order valence-electron chi connectivity index (χ2n) is 2.93. The fourth-order valence-electron chi connectivity index (χ4n) is 0.831. The lowest BCUT2D eigenvalue weighted by Crippen LogP contribution is -2.07. The van der Waals surface area contributed by atoms with Gasteiger partial charge in [-0.15, -0.1) is 0 Å². The van der Waals surface area contributed by atoms with Crippen LogP contribution in [0.25, 0.3) is 0 Å². The third kappa shape index (κ3) is 3.40. The third-order valence-corrected chi connectivity index (χ3v) is 3.04. The molecule has 0 heterocycles. The fraction of sp³-hybridized carbons (Fsp3) is 0.222. The minimum absolute atomic E-state index is 0.713. The first-order valence-corrected chi connectivity index (χ1v) is 6.11. The normalized spacial score (nSPS) is 10.9. The molecule has 0 aliphatic rings. The molecule has 0 N–H and O–H groups in total. The molecule has 0 atom stereocenters. The van der Waals surface area contributed by atoms with Crippen LogP contribution in [-0.4, -0.2) is 25.3 Å². The molecule has 1 rings (SSSR count). The van der Waals surface area contributed by atoms with Gasteiger partial charge in [0.1, 0.15) is 0 Å². The lowest BCUT2D eigenvalue weighted by Gasteiger charge is -2.05. The first kappa shape index (κ1) is 12.3. The van der Waals surface area contributed by atoms with Gasteiger partial charge in [-0.1, -0.05) is 11.6 Å². The molecule has 0 aromatic heterocycles. The van der Waals surface area contributed by atoms with Crippen LogP contribution in [0.15, 0.2) is 21.6 Å². The molecule has 0 unspecified atom stereocenters. The summed E-state index contributed by atoms with van der Waals surface area (Å²) in [6.45, 7) is 0. The third-order valence-electron chi connectivity index (χ3n) is 1.40. The van der Waals surface area contributed by atoms with Crippen LogP contribution in [0.1, 0.15) is 0 Å². The van der Waals surface area contributed by atoms with Crippen molar-refractivity contribution in [2.75, 3.05) is 14.1 Å². The number of hydrogen-bond acceptors (Lipinski definition) is 1. The monoisotopic (exact) mass is 386 g/mol. The van der Waals surface area contributed by atoms with E-state index in [2.05, 4.69) is 43.5 Å². The first-order valence-electron chi connectivity index (χ1n) is 3.86. The van der Waals surface area contributed by atoms with Gasteiger partial charge >= 0.3 is 0 Å². The van der Waals surface area contributed by atoms with Gasteiger partial charge in [0.05, 0.1) is 12.0 Å². The van der Waals surface area contributed by atoms with Crippen molar-refractivity contribution >= 4 is 62.1 Å². The summed E-state index contributed by atoms with van der Waals surface area (Å²) in [5.74, 6) is 0. The summed E-state index contributed by atoms with van der Waals surface area (Å²) in [6.07, 6.45) is 1.76. The molecule has 76 valence electrons. The van der Waals surface area contributed by atoms with Gasteiger partial charge in [0, 0.05) is 27.2 Å². The molecule has 0 saturated heterocycles. The van der Waals surface area contributed by atoms with Gasteiger partial charge in [0.2, 0.25) is 0 Å². The molecule has 0 fully saturated rings. The van der Waals surface area contributed by atoms with Gasteiger partial charge in [-0.25, -0.2) is 4.99 Å². The van der Waals surface area contributed by atoms with E-state index in [4.69, 9.17) is 11.6 Å². The van der Waals surface area contributed by atoms with Crippen molar-refractivity contribution in [1.29, 1.82) is 0 Å². The molecule has 0 bridgehead atoms. The number of hydrogen-bond donors (Lipinski definition) is 0. The second-order valence-corrected chi connectivity index (χ2v) is 5.38. The SMILES string of the molecule is CN(C)/C=N/c1c(Br)cc(Cl)cc1I. The zero-order chi connectivity index (χ0) is 10.7. The smallest absolute Gasteiger partial charge is 0.0923 e. The van der Waals surface area contributed by atoms with Crippen LogP contribution in [0.3, 0.4) is 0 Å². The second kappa shape index (κ2) is 5.32. The summed E-state index contributed by atoms with van der Waals surface area (Å²) in [5, 5.41) is 0.713. The van der Waals surface area contributed by atoms with Gasteiger partial charge in [-0.05, 0) is 50.7 Å². The summed E-state index contributed by atoms with van der Waals surface area (Å²) >= 11 is 11.5. The van der Waals surface area contributed by atoms with Crippen LogP contribution in [0.2, 0.25) is 5.02 Å². The van der Waals surface area contributed by atoms with Crippen molar-refractivity contribution < 1.29 is 0 Å². The Kier molecular flexibility index (Phi) is 4.66. The maximum atomic E-state index is 5.89. The van der Waals surface area contributed by atoms with E-state index in [-0.39, 0.29) is 0 Å². The molecule has 5 heteroatoms. The maximum absolute atomic E-state index is 5.89. The Bertz CT molecular complexity index is 343. The molecule has 0 radical (unpaired) electrons. The summed E-state index contributed by atoms with van der Waals surface area (Å²) in [7, 11) is 3.86. The predicted octanol–water partition coefficient (Wildman–Crippen LogP) is 3.93. The zero-order valence-electron chi connectivity index (χ0n) is 7.76. The van der Waals surface area contributed by atoms with Crippen molar-refractivity contribution in [2.24, 2.45) is 4.99 Å². The van der Waals surface area contributed by atoms with E-state index in [1.54, 1.807) is 6.34 Å². The van der Waals surface area contributed by atoms with Crippen molar-refractivity contribution in [3.63, 3.8) is 0 Å². The van der Waals surface area contributed by atoms with Gasteiger partial charge < -0.3 is 4.90 Å².